The van der Waals surface area contributed by atoms with Gasteiger partial charge in [-0.25, -0.2) is 0 Å². The first-order valence-electron chi connectivity index (χ1n) is 7.53. The van der Waals surface area contributed by atoms with Crippen molar-refractivity contribution in [1.29, 1.82) is 0 Å². The van der Waals surface area contributed by atoms with E-state index in [1.165, 1.54) is 44.1 Å². The van der Waals surface area contributed by atoms with E-state index >= 15 is 0 Å². The van der Waals surface area contributed by atoms with Crippen LogP contribution in [0.1, 0.15) is 70.9 Å². The van der Waals surface area contributed by atoms with E-state index in [0.717, 1.165) is 13.1 Å². The summed E-state index contributed by atoms with van der Waals surface area (Å²) in [5.41, 5.74) is 1.29. The van der Waals surface area contributed by atoms with Crippen LogP contribution in [0.4, 0.5) is 0 Å². The molecule has 0 bridgehead atoms. The predicted molar refractivity (Wildman–Crippen MR) is 77.7 cm³/mol. The summed E-state index contributed by atoms with van der Waals surface area (Å²) in [5.74, 6) is 0. The maximum absolute atomic E-state index is 4.43. The molecule has 0 aliphatic carbocycles. The van der Waals surface area contributed by atoms with Crippen LogP contribution in [0.3, 0.4) is 0 Å². The van der Waals surface area contributed by atoms with Crippen LogP contribution in [0.15, 0.2) is 12.4 Å². The van der Waals surface area contributed by atoms with E-state index in [1.807, 2.05) is 6.20 Å². The number of rotatable bonds is 10. The molecule has 0 saturated carbocycles. The summed E-state index contributed by atoms with van der Waals surface area (Å²) in [5, 5.41) is 7.84. The predicted octanol–water partition coefficient (Wildman–Crippen LogP) is 3.91. The van der Waals surface area contributed by atoms with Crippen molar-refractivity contribution >= 4 is 0 Å². The van der Waals surface area contributed by atoms with E-state index in [2.05, 4.69) is 42.1 Å². The Morgan fingerprint density at radius 2 is 1.89 bits per heavy atom. The Labute approximate surface area is 112 Å². The van der Waals surface area contributed by atoms with Gasteiger partial charge in [0, 0.05) is 24.3 Å². The van der Waals surface area contributed by atoms with Gasteiger partial charge in [-0.3, -0.25) is 4.68 Å². The molecule has 0 aromatic carbocycles. The van der Waals surface area contributed by atoms with Crippen LogP contribution in [0.5, 0.6) is 0 Å². The van der Waals surface area contributed by atoms with Gasteiger partial charge in [0.1, 0.15) is 0 Å². The first-order valence-corrected chi connectivity index (χ1v) is 7.53. The third kappa shape index (κ3) is 5.67. The molecular formula is C15H29N3. The fourth-order valence-electron chi connectivity index (χ4n) is 2.20. The maximum Gasteiger partial charge on any atom is 0.0537 e. The molecule has 104 valence electrons. The molecule has 3 nitrogen and oxygen atoms in total. The van der Waals surface area contributed by atoms with E-state index in [0.29, 0.717) is 6.04 Å². The number of aryl methyl sites for hydroxylation is 1. The van der Waals surface area contributed by atoms with Crippen molar-refractivity contribution in [2.45, 2.75) is 71.9 Å². The summed E-state index contributed by atoms with van der Waals surface area (Å²) >= 11 is 0. The highest BCUT2D eigenvalue weighted by molar-refractivity contribution is 5.08. The highest BCUT2D eigenvalue weighted by atomic mass is 15.3. The fourth-order valence-corrected chi connectivity index (χ4v) is 2.20. The molecule has 0 aliphatic heterocycles. The number of aromatic nitrogens is 2. The first kappa shape index (κ1) is 15.2. The van der Waals surface area contributed by atoms with E-state index in [9.17, 15) is 0 Å². The molecule has 1 atom stereocenters. The lowest BCUT2D eigenvalue weighted by molar-refractivity contribution is 0.526. The van der Waals surface area contributed by atoms with Gasteiger partial charge in [0.05, 0.1) is 6.20 Å². The van der Waals surface area contributed by atoms with E-state index in [-0.39, 0.29) is 0 Å². The first-order chi connectivity index (χ1) is 8.77. The second-order valence-corrected chi connectivity index (χ2v) is 5.08. The number of nitrogens with one attached hydrogen (secondary N) is 1. The second-order valence-electron chi connectivity index (χ2n) is 5.08. The summed E-state index contributed by atoms with van der Waals surface area (Å²) in [7, 11) is 0. The average Bonchev–Trinajstić information content (AvgIpc) is 2.83. The monoisotopic (exact) mass is 251 g/mol. The van der Waals surface area contributed by atoms with Gasteiger partial charge in [-0.1, -0.05) is 46.0 Å². The van der Waals surface area contributed by atoms with Crippen molar-refractivity contribution in [3.05, 3.63) is 18.0 Å². The molecule has 0 spiro atoms. The molecule has 0 fully saturated rings. The lowest BCUT2D eigenvalue weighted by Crippen LogP contribution is -2.17. The van der Waals surface area contributed by atoms with Gasteiger partial charge in [-0.15, -0.1) is 0 Å². The SMILES string of the molecule is CCCCCCCCn1cc(C(C)NCC)cn1. The molecule has 3 heteroatoms. The van der Waals surface area contributed by atoms with Gasteiger partial charge in [-0.05, 0) is 19.9 Å². The Kier molecular flexibility index (Phi) is 7.74. The van der Waals surface area contributed by atoms with Crippen molar-refractivity contribution < 1.29 is 0 Å². The van der Waals surface area contributed by atoms with Crippen LogP contribution >= 0.6 is 0 Å². The van der Waals surface area contributed by atoms with Crippen LogP contribution in [0, 0.1) is 0 Å². The van der Waals surface area contributed by atoms with Crippen molar-refractivity contribution in [3.63, 3.8) is 0 Å². The van der Waals surface area contributed by atoms with Crippen molar-refractivity contribution in [2.24, 2.45) is 0 Å². The number of hydrogen-bond donors (Lipinski definition) is 1. The number of unbranched alkanes of at least 4 members (excludes halogenated alkanes) is 5. The molecular weight excluding hydrogens is 222 g/mol. The molecule has 1 rings (SSSR count). The second kappa shape index (κ2) is 9.15. The van der Waals surface area contributed by atoms with Crippen LogP contribution in [0.2, 0.25) is 0 Å². The Balaban J connectivity index is 2.19. The molecule has 18 heavy (non-hydrogen) atoms. The zero-order valence-electron chi connectivity index (χ0n) is 12.3. The lowest BCUT2D eigenvalue weighted by atomic mass is 10.1. The van der Waals surface area contributed by atoms with Crippen LogP contribution in [-0.4, -0.2) is 16.3 Å². The standard InChI is InChI=1S/C15H29N3/c1-4-6-7-8-9-10-11-18-13-15(12-17-18)14(3)16-5-2/h12-14,16H,4-11H2,1-3H3. The minimum Gasteiger partial charge on any atom is -0.310 e. The summed E-state index contributed by atoms with van der Waals surface area (Å²) in [6.07, 6.45) is 12.2. The van der Waals surface area contributed by atoms with Crippen molar-refractivity contribution in [1.82, 2.24) is 15.1 Å². The molecule has 1 N–H and O–H groups in total. The quantitative estimate of drug-likeness (QED) is 0.639. The lowest BCUT2D eigenvalue weighted by Gasteiger charge is -2.08. The number of nitrogens with zero attached hydrogens (tertiary/aromatic N) is 2. The minimum atomic E-state index is 0.410. The van der Waals surface area contributed by atoms with Gasteiger partial charge < -0.3 is 5.32 Å². The number of hydrogen-bond acceptors (Lipinski definition) is 2. The average molecular weight is 251 g/mol. The molecule has 1 aromatic rings. The van der Waals surface area contributed by atoms with Crippen molar-refractivity contribution in [3.8, 4) is 0 Å². The van der Waals surface area contributed by atoms with Gasteiger partial charge in [0.15, 0.2) is 0 Å². The topological polar surface area (TPSA) is 29.9 Å². The van der Waals surface area contributed by atoms with Gasteiger partial charge in [-0.2, -0.15) is 5.10 Å². The molecule has 1 heterocycles. The Hall–Kier alpha value is -0.830. The highest BCUT2D eigenvalue weighted by Gasteiger charge is 2.05. The third-order valence-corrected chi connectivity index (χ3v) is 3.40. The van der Waals surface area contributed by atoms with Gasteiger partial charge in [0.2, 0.25) is 0 Å². The molecule has 0 saturated heterocycles. The third-order valence-electron chi connectivity index (χ3n) is 3.40. The van der Waals surface area contributed by atoms with Crippen molar-refractivity contribution in [2.75, 3.05) is 6.54 Å². The molecule has 1 aromatic heterocycles. The summed E-state index contributed by atoms with van der Waals surface area (Å²) < 4.78 is 2.09. The maximum atomic E-state index is 4.43. The van der Waals surface area contributed by atoms with Crippen LogP contribution in [0.25, 0.3) is 0 Å². The Morgan fingerprint density at radius 1 is 1.17 bits per heavy atom. The smallest absolute Gasteiger partial charge is 0.0537 e. The largest absolute Gasteiger partial charge is 0.310 e. The summed E-state index contributed by atoms with van der Waals surface area (Å²) in [4.78, 5) is 0. The molecule has 0 amide bonds. The zero-order valence-corrected chi connectivity index (χ0v) is 12.3. The van der Waals surface area contributed by atoms with Gasteiger partial charge >= 0.3 is 0 Å². The van der Waals surface area contributed by atoms with Gasteiger partial charge in [0.25, 0.3) is 0 Å². The molecule has 0 aliphatic rings. The molecule has 1 unspecified atom stereocenters. The van der Waals surface area contributed by atoms with Crippen LogP contribution in [-0.2, 0) is 6.54 Å². The molecule has 0 radical (unpaired) electrons. The Morgan fingerprint density at radius 3 is 2.61 bits per heavy atom. The normalized spacial score (nSPS) is 12.8. The van der Waals surface area contributed by atoms with E-state index < -0.39 is 0 Å². The van der Waals surface area contributed by atoms with E-state index in [1.54, 1.807) is 0 Å². The Bertz CT molecular complexity index is 306. The van der Waals surface area contributed by atoms with E-state index in [4.69, 9.17) is 0 Å². The zero-order chi connectivity index (χ0) is 13.2. The van der Waals surface area contributed by atoms with Crippen LogP contribution < -0.4 is 5.32 Å². The summed E-state index contributed by atoms with van der Waals surface area (Å²) in [6, 6.07) is 0.410. The minimum absolute atomic E-state index is 0.410. The highest BCUT2D eigenvalue weighted by Crippen LogP contribution is 2.11. The fraction of sp³-hybridized carbons (Fsp3) is 0.800. The summed E-state index contributed by atoms with van der Waals surface area (Å²) in [6.45, 7) is 8.65.